The molecule has 1 atom stereocenters. The van der Waals surface area contributed by atoms with Crippen molar-refractivity contribution >= 4 is 11.7 Å². The molecule has 1 unspecified atom stereocenters. The van der Waals surface area contributed by atoms with Crippen molar-refractivity contribution in [3.05, 3.63) is 35.4 Å². The fourth-order valence-corrected chi connectivity index (χ4v) is 2.18. The third-order valence-electron chi connectivity index (χ3n) is 3.29. The highest BCUT2D eigenvalue weighted by Crippen LogP contribution is 2.22. The van der Waals surface area contributed by atoms with Gasteiger partial charge in [0, 0.05) is 25.2 Å². The zero-order chi connectivity index (χ0) is 15.9. The van der Waals surface area contributed by atoms with Crippen molar-refractivity contribution in [3.8, 4) is 0 Å². The number of nitrogens with zero attached hydrogens (tertiary/aromatic N) is 1. The molecule has 0 aliphatic carbocycles. The molecule has 0 amide bonds. The average Bonchev–Trinajstić information content (AvgIpc) is 3.04. The van der Waals surface area contributed by atoms with E-state index in [-0.39, 0.29) is 6.29 Å². The summed E-state index contributed by atoms with van der Waals surface area (Å²) in [5.74, 6) is -0.414. The lowest BCUT2D eigenvalue weighted by Gasteiger charge is -2.17. The minimum absolute atomic E-state index is 0.367. The molecule has 0 saturated carbocycles. The lowest BCUT2D eigenvalue weighted by atomic mass is 10.0. The second-order valence-corrected chi connectivity index (χ2v) is 4.72. The van der Waals surface area contributed by atoms with Gasteiger partial charge in [-0.3, -0.25) is 0 Å². The van der Waals surface area contributed by atoms with Crippen molar-refractivity contribution in [1.82, 2.24) is 0 Å². The lowest BCUT2D eigenvalue weighted by Crippen LogP contribution is -2.22. The van der Waals surface area contributed by atoms with Crippen molar-refractivity contribution in [3.63, 3.8) is 0 Å². The number of esters is 1. The summed E-state index contributed by atoms with van der Waals surface area (Å²) < 4.78 is 15.8. The standard InChI is InChI=1S/C16H21NO5/c1-4-20-16(21-5-2)12-8-6-11(7-9-12)13-10-14(22-17-13)15(18)19-3/h6-9,14,16H,4-5,10H2,1-3H3. The lowest BCUT2D eigenvalue weighted by molar-refractivity contribution is -0.152. The van der Waals surface area contributed by atoms with Crippen LogP contribution in [0.2, 0.25) is 0 Å². The van der Waals surface area contributed by atoms with Crippen molar-refractivity contribution in [2.75, 3.05) is 20.3 Å². The van der Waals surface area contributed by atoms with Gasteiger partial charge in [-0.25, -0.2) is 4.79 Å². The molecule has 1 aliphatic rings. The van der Waals surface area contributed by atoms with E-state index in [1.807, 2.05) is 38.1 Å². The highest BCUT2D eigenvalue weighted by Gasteiger charge is 2.29. The molecule has 1 aromatic carbocycles. The Balaban J connectivity index is 2.04. The van der Waals surface area contributed by atoms with E-state index in [1.165, 1.54) is 7.11 Å². The van der Waals surface area contributed by atoms with Crippen LogP contribution in [0.1, 0.15) is 37.7 Å². The van der Waals surface area contributed by atoms with Gasteiger partial charge in [0.05, 0.1) is 12.8 Å². The van der Waals surface area contributed by atoms with Crippen LogP contribution in [0.3, 0.4) is 0 Å². The topological polar surface area (TPSA) is 66.3 Å². The molecule has 120 valence electrons. The first-order valence-electron chi connectivity index (χ1n) is 7.33. The molecular formula is C16H21NO5. The monoisotopic (exact) mass is 307 g/mol. The maximum atomic E-state index is 11.4. The number of methoxy groups -OCH3 is 1. The molecule has 1 heterocycles. The van der Waals surface area contributed by atoms with Gasteiger partial charge >= 0.3 is 5.97 Å². The summed E-state index contributed by atoms with van der Waals surface area (Å²) in [4.78, 5) is 16.5. The van der Waals surface area contributed by atoms with E-state index in [0.717, 1.165) is 16.8 Å². The van der Waals surface area contributed by atoms with E-state index in [9.17, 15) is 4.79 Å². The van der Waals surface area contributed by atoms with Crippen molar-refractivity contribution in [2.45, 2.75) is 32.7 Å². The zero-order valence-electron chi connectivity index (χ0n) is 13.1. The number of oxime groups is 1. The summed E-state index contributed by atoms with van der Waals surface area (Å²) in [6, 6.07) is 7.70. The molecule has 0 radical (unpaired) electrons. The van der Waals surface area contributed by atoms with Crippen LogP contribution in [0.4, 0.5) is 0 Å². The van der Waals surface area contributed by atoms with Crippen LogP contribution in [-0.2, 0) is 23.8 Å². The molecule has 0 spiro atoms. The maximum Gasteiger partial charge on any atom is 0.350 e. The number of hydrogen-bond acceptors (Lipinski definition) is 6. The molecule has 2 rings (SSSR count). The Hall–Kier alpha value is -1.92. The summed E-state index contributed by atoms with van der Waals surface area (Å²) in [6.07, 6.45) is -0.611. The molecule has 1 aliphatic heterocycles. The molecular weight excluding hydrogens is 286 g/mol. The third-order valence-corrected chi connectivity index (χ3v) is 3.29. The van der Waals surface area contributed by atoms with E-state index < -0.39 is 12.1 Å². The SMILES string of the molecule is CCOC(OCC)c1ccc(C2=NOC(C(=O)OC)C2)cc1. The average molecular weight is 307 g/mol. The predicted molar refractivity (Wildman–Crippen MR) is 80.5 cm³/mol. The van der Waals surface area contributed by atoms with Crippen molar-refractivity contribution < 1.29 is 23.8 Å². The third kappa shape index (κ3) is 3.84. The number of benzene rings is 1. The van der Waals surface area contributed by atoms with Gasteiger partial charge < -0.3 is 19.0 Å². The number of ether oxygens (including phenoxy) is 3. The van der Waals surface area contributed by atoms with E-state index >= 15 is 0 Å². The Morgan fingerprint density at radius 3 is 2.45 bits per heavy atom. The smallest absolute Gasteiger partial charge is 0.350 e. The molecule has 22 heavy (non-hydrogen) atoms. The number of hydrogen-bond donors (Lipinski definition) is 0. The first-order chi connectivity index (χ1) is 10.7. The Bertz CT molecular complexity index is 520. The molecule has 0 N–H and O–H groups in total. The van der Waals surface area contributed by atoms with E-state index in [4.69, 9.17) is 14.3 Å². The number of carbonyl (C=O) groups excluding carboxylic acids is 1. The van der Waals surface area contributed by atoms with Crippen LogP contribution in [0.15, 0.2) is 29.4 Å². The van der Waals surface area contributed by atoms with E-state index in [1.54, 1.807) is 0 Å². The van der Waals surface area contributed by atoms with Gasteiger partial charge in [-0.05, 0) is 19.4 Å². The first-order valence-corrected chi connectivity index (χ1v) is 7.33. The molecule has 0 bridgehead atoms. The van der Waals surface area contributed by atoms with Gasteiger partial charge in [0.15, 0.2) is 6.29 Å². The molecule has 0 aromatic heterocycles. The highest BCUT2D eigenvalue weighted by atomic mass is 16.7. The Labute approximate surface area is 130 Å². The van der Waals surface area contributed by atoms with Gasteiger partial charge in [-0.1, -0.05) is 29.4 Å². The van der Waals surface area contributed by atoms with Crippen LogP contribution in [0, 0.1) is 0 Å². The highest BCUT2D eigenvalue weighted by molar-refractivity contribution is 6.03. The van der Waals surface area contributed by atoms with E-state index in [0.29, 0.717) is 19.6 Å². The normalized spacial score (nSPS) is 17.3. The molecule has 6 heteroatoms. The molecule has 0 saturated heterocycles. The minimum Gasteiger partial charge on any atom is -0.466 e. The summed E-state index contributed by atoms with van der Waals surface area (Å²) >= 11 is 0. The zero-order valence-corrected chi connectivity index (χ0v) is 13.1. The maximum absolute atomic E-state index is 11.4. The van der Waals surface area contributed by atoms with Gasteiger partial charge in [0.2, 0.25) is 6.10 Å². The van der Waals surface area contributed by atoms with Crippen LogP contribution in [-0.4, -0.2) is 38.1 Å². The van der Waals surface area contributed by atoms with Crippen LogP contribution >= 0.6 is 0 Å². The van der Waals surface area contributed by atoms with Gasteiger partial charge in [-0.15, -0.1) is 0 Å². The largest absolute Gasteiger partial charge is 0.466 e. The molecule has 6 nitrogen and oxygen atoms in total. The van der Waals surface area contributed by atoms with Gasteiger partial charge in [0.1, 0.15) is 0 Å². The van der Waals surface area contributed by atoms with E-state index in [2.05, 4.69) is 9.89 Å². The van der Waals surface area contributed by atoms with Crippen LogP contribution in [0.25, 0.3) is 0 Å². The Morgan fingerprint density at radius 1 is 1.27 bits per heavy atom. The fraction of sp³-hybridized carbons (Fsp3) is 0.500. The Kier molecular flexibility index (Phi) is 5.91. The van der Waals surface area contributed by atoms with Gasteiger partial charge in [0.25, 0.3) is 0 Å². The summed E-state index contributed by atoms with van der Waals surface area (Å²) in [6.45, 7) is 5.01. The molecule has 0 fully saturated rings. The second kappa shape index (κ2) is 7.91. The minimum atomic E-state index is -0.653. The van der Waals surface area contributed by atoms with Gasteiger partial charge in [-0.2, -0.15) is 0 Å². The summed E-state index contributed by atoms with van der Waals surface area (Å²) in [5, 5.41) is 3.96. The second-order valence-electron chi connectivity index (χ2n) is 4.72. The number of rotatable bonds is 7. The molecule has 1 aromatic rings. The summed E-state index contributed by atoms with van der Waals surface area (Å²) in [5.41, 5.74) is 2.57. The fourth-order valence-electron chi connectivity index (χ4n) is 2.18. The first kappa shape index (κ1) is 16.5. The Morgan fingerprint density at radius 2 is 1.91 bits per heavy atom. The van der Waals surface area contributed by atoms with Crippen LogP contribution < -0.4 is 0 Å². The van der Waals surface area contributed by atoms with Crippen LogP contribution in [0.5, 0.6) is 0 Å². The van der Waals surface area contributed by atoms with Crippen molar-refractivity contribution in [2.24, 2.45) is 5.16 Å². The predicted octanol–water partition coefficient (Wildman–Crippen LogP) is 2.42. The number of carbonyl (C=O) groups is 1. The van der Waals surface area contributed by atoms with Crippen molar-refractivity contribution in [1.29, 1.82) is 0 Å². The quantitative estimate of drug-likeness (QED) is 0.572. The summed E-state index contributed by atoms with van der Waals surface area (Å²) in [7, 11) is 1.33.